The van der Waals surface area contributed by atoms with Crippen molar-refractivity contribution in [3.8, 4) is 0 Å². The van der Waals surface area contributed by atoms with Gasteiger partial charge in [-0.2, -0.15) is 0 Å². The van der Waals surface area contributed by atoms with Crippen LogP contribution in [0, 0.1) is 10.1 Å². The molecule has 0 radical (unpaired) electrons. The fourth-order valence-electron chi connectivity index (χ4n) is 1.96. The molecule has 0 aliphatic carbocycles. The fraction of sp³-hybridized carbons (Fsp3) is 0.0667. The van der Waals surface area contributed by atoms with Crippen LogP contribution >= 0.6 is 23.2 Å². The monoisotopic (exact) mass is 382 g/mol. The number of amides is 2. The van der Waals surface area contributed by atoms with E-state index < -0.39 is 16.7 Å². The number of nitro groups is 1. The zero-order valence-corrected chi connectivity index (χ0v) is 14.3. The van der Waals surface area contributed by atoms with Crippen molar-refractivity contribution in [3.63, 3.8) is 0 Å². The average molecular weight is 383 g/mol. The van der Waals surface area contributed by atoms with Crippen LogP contribution in [0.2, 0.25) is 10.0 Å². The van der Waals surface area contributed by atoms with Crippen molar-refractivity contribution in [2.75, 3.05) is 12.4 Å². The molecule has 8 nitrogen and oxygen atoms in total. The minimum Gasteiger partial charge on any atom is -0.383 e. The first-order valence-electron chi connectivity index (χ1n) is 6.85. The SMILES string of the molecule is CNc1ccc(C(=O)NNC(=O)c2cc(Cl)ccc2Cl)cc1[N+](=O)[O-]. The second kappa shape index (κ2) is 7.82. The molecule has 0 fully saturated rings. The lowest BCUT2D eigenvalue weighted by atomic mass is 10.1. The van der Waals surface area contributed by atoms with Gasteiger partial charge in [0.05, 0.1) is 15.5 Å². The summed E-state index contributed by atoms with van der Waals surface area (Å²) in [4.78, 5) is 34.5. The Morgan fingerprint density at radius 3 is 2.36 bits per heavy atom. The number of carbonyl (C=O) groups is 2. The molecule has 25 heavy (non-hydrogen) atoms. The highest BCUT2D eigenvalue weighted by Crippen LogP contribution is 2.25. The number of hydrogen-bond acceptors (Lipinski definition) is 5. The van der Waals surface area contributed by atoms with Gasteiger partial charge in [-0.3, -0.25) is 30.6 Å². The summed E-state index contributed by atoms with van der Waals surface area (Å²) in [7, 11) is 1.52. The number of nitrogens with one attached hydrogen (secondary N) is 3. The van der Waals surface area contributed by atoms with Gasteiger partial charge in [0.15, 0.2) is 0 Å². The Labute approximate surface area is 152 Å². The Hall–Kier alpha value is -2.84. The molecule has 0 saturated heterocycles. The molecule has 2 aromatic carbocycles. The van der Waals surface area contributed by atoms with E-state index in [1.807, 2.05) is 0 Å². The topological polar surface area (TPSA) is 113 Å². The minimum atomic E-state index is -0.725. The van der Waals surface area contributed by atoms with E-state index in [1.54, 1.807) is 0 Å². The first kappa shape index (κ1) is 18.5. The van der Waals surface area contributed by atoms with Crippen molar-refractivity contribution >= 4 is 46.4 Å². The molecule has 10 heteroatoms. The summed E-state index contributed by atoms with van der Waals surface area (Å²) in [6.07, 6.45) is 0. The van der Waals surface area contributed by atoms with Gasteiger partial charge >= 0.3 is 0 Å². The largest absolute Gasteiger partial charge is 0.383 e. The lowest BCUT2D eigenvalue weighted by Gasteiger charge is -2.09. The molecule has 0 atom stereocenters. The minimum absolute atomic E-state index is 0.00295. The van der Waals surface area contributed by atoms with Crippen LogP contribution in [0.1, 0.15) is 20.7 Å². The third-order valence-corrected chi connectivity index (χ3v) is 3.75. The van der Waals surface area contributed by atoms with Crippen LogP contribution in [0.4, 0.5) is 11.4 Å². The maximum atomic E-state index is 12.1. The quantitative estimate of drug-likeness (QED) is 0.555. The Kier molecular flexibility index (Phi) is 5.79. The molecule has 0 unspecified atom stereocenters. The third kappa shape index (κ3) is 4.37. The van der Waals surface area contributed by atoms with E-state index in [0.717, 1.165) is 6.07 Å². The number of carbonyl (C=O) groups excluding carboxylic acids is 2. The Balaban J connectivity index is 2.12. The summed E-state index contributed by atoms with van der Waals surface area (Å²) in [6.45, 7) is 0. The second-order valence-electron chi connectivity index (χ2n) is 4.77. The van der Waals surface area contributed by atoms with Gasteiger partial charge in [0, 0.05) is 23.7 Å². The number of nitrogens with zero attached hydrogens (tertiary/aromatic N) is 1. The van der Waals surface area contributed by atoms with E-state index in [4.69, 9.17) is 23.2 Å². The summed E-state index contributed by atoms with van der Waals surface area (Å²) in [5, 5.41) is 14.1. The van der Waals surface area contributed by atoms with Gasteiger partial charge in [-0.05, 0) is 30.3 Å². The molecular weight excluding hydrogens is 371 g/mol. The standard InChI is InChI=1S/C15H12Cl2N4O4/c1-18-12-5-2-8(6-13(12)21(24)25)14(22)19-20-15(23)10-7-9(16)3-4-11(10)17/h2-7,18H,1H3,(H,19,22)(H,20,23). The van der Waals surface area contributed by atoms with Crippen LogP contribution in [0.25, 0.3) is 0 Å². The Bertz CT molecular complexity index is 857. The molecule has 0 spiro atoms. The third-order valence-electron chi connectivity index (χ3n) is 3.19. The number of halogens is 2. The molecule has 0 aromatic heterocycles. The summed E-state index contributed by atoms with van der Waals surface area (Å²) < 4.78 is 0. The van der Waals surface area contributed by atoms with Crippen LogP contribution in [-0.4, -0.2) is 23.8 Å². The van der Waals surface area contributed by atoms with Crippen LogP contribution < -0.4 is 16.2 Å². The van der Waals surface area contributed by atoms with Crippen LogP contribution in [0.5, 0.6) is 0 Å². The Morgan fingerprint density at radius 1 is 1.04 bits per heavy atom. The van der Waals surface area contributed by atoms with Crippen molar-refractivity contribution < 1.29 is 14.5 Å². The van der Waals surface area contributed by atoms with E-state index in [0.29, 0.717) is 5.02 Å². The number of benzene rings is 2. The number of hydrazine groups is 1. The number of rotatable bonds is 4. The molecule has 3 N–H and O–H groups in total. The highest BCUT2D eigenvalue weighted by atomic mass is 35.5. The molecule has 0 bridgehead atoms. The summed E-state index contributed by atoms with van der Waals surface area (Å²) in [6, 6.07) is 8.18. The van der Waals surface area contributed by atoms with Crippen LogP contribution in [-0.2, 0) is 0 Å². The van der Waals surface area contributed by atoms with Gasteiger partial charge in [-0.1, -0.05) is 23.2 Å². The molecule has 0 aliphatic heterocycles. The van der Waals surface area contributed by atoms with Crippen molar-refractivity contribution in [1.29, 1.82) is 0 Å². The molecule has 0 saturated carbocycles. The molecule has 130 valence electrons. The van der Waals surface area contributed by atoms with E-state index in [1.165, 1.54) is 37.4 Å². The second-order valence-corrected chi connectivity index (χ2v) is 5.62. The lowest BCUT2D eigenvalue weighted by Crippen LogP contribution is -2.41. The van der Waals surface area contributed by atoms with Crippen LogP contribution in [0.3, 0.4) is 0 Å². The fourth-order valence-corrected chi connectivity index (χ4v) is 2.34. The van der Waals surface area contributed by atoms with Gasteiger partial charge in [0.2, 0.25) is 0 Å². The molecule has 0 aliphatic rings. The summed E-state index contributed by atoms with van der Waals surface area (Å²) in [5.41, 5.74) is 4.41. The van der Waals surface area contributed by atoms with E-state index in [-0.39, 0.29) is 27.5 Å². The maximum absolute atomic E-state index is 12.1. The number of nitro benzene ring substituents is 1. The van der Waals surface area contributed by atoms with Crippen molar-refractivity contribution in [2.45, 2.75) is 0 Å². The summed E-state index contributed by atoms with van der Waals surface area (Å²) in [5.74, 6) is -1.40. The smallest absolute Gasteiger partial charge is 0.293 e. The highest BCUT2D eigenvalue weighted by molar-refractivity contribution is 6.35. The molecule has 2 amide bonds. The average Bonchev–Trinajstić information content (AvgIpc) is 2.60. The molecule has 2 rings (SSSR count). The molecule has 0 heterocycles. The normalized spacial score (nSPS) is 10.0. The number of hydrogen-bond donors (Lipinski definition) is 3. The van der Waals surface area contributed by atoms with Crippen molar-refractivity contribution in [3.05, 3.63) is 67.7 Å². The van der Waals surface area contributed by atoms with Gasteiger partial charge in [-0.25, -0.2) is 0 Å². The van der Waals surface area contributed by atoms with E-state index in [2.05, 4.69) is 16.2 Å². The van der Waals surface area contributed by atoms with Crippen LogP contribution in [0.15, 0.2) is 36.4 Å². The van der Waals surface area contributed by atoms with Crippen molar-refractivity contribution in [1.82, 2.24) is 10.9 Å². The van der Waals surface area contributed by atoms with Gasteiger partial charge in [-0.15, -0.1) is 0 Å². The van der Waals surface area contributed by atoms with Gasteiger partial charge in [0.25, 0.3) is 17.5 Å². The Morgan fingerprint density at radius 2 is 1.72 bits per heavy atom. The zero-order valence-electron chi connectivity index (χ0n) is 12.8. The summed E-state index contributed by atoms with van der Waals surface area (Å²) >= 11 is 11.7. The highest BCUT2D eigenvalue weighted by Gasteiger charge is 2.18. The predicted octanol–water partition coefficient (Wildman–Crippen LogP) is 3.02. The predicted molar refractivity (Wildman–Crippen MR) is 94.0 cm³/mol. The van der Waals surface area contributed by atoms with E-state index in [9.17, 15) is 19.7 Å². The first-order valence-corrected chi connectivity index (χ1v) is 7.61. The van der Waals surface area contributed by atoms with Gasteiger partial charge < -0.3 is 5.32 Å². The zero-order chi connectivity index (χ0) is 18.6. The molecule has 2 aromatic rings. The molecular formula is C15H12Cl2N4O4. The van der Waals surface area contributed by atoms with Gasteiger partial charge in [0.1, 0.15) is 5.69 Å². The van der Waals surface area contributed by atoms with E-state index >= 15 is 0 Å². The first-order chi connectivity index (χ1) is 11.8. The van der Waals surface area contributed by atoms with Crippen molar-refractivity contribution in [2.24, 2.45) is 0 Å². The number of anilines is 1. The lowest BCUT2D eigenvalue weighted by molar-refractivity contribution is -0.384. The maximum Gasteiger partial charge on any atom is 0.293 e.